The molecule has 5 rings (SSSR count). The van der Waals surface area contributed by atoms with Gasteiger partial charge < -0.3 is 25.4 Å². The second kappa shape index (κ2) is 9.69. The summed E-state index contributed by atoms with van der Waals surface area (Å²) in [5.41, 5.74) is 4.78. The van der Waals surface area contributed by atoms with Crippen molar-refractivity contribution in [3.05, 3.63) is 34.9 Å². The van der Waals surface area contributed by atoms with Gasteiger partial charge in [0.1, 0.15) is 11.3 Å². The van der Waals surface area contributed by atoms with Gasteiger partial charge in [-0.15, -0.1) is 0 Å². The first-order valence-electron chi connectivity index (χ1n) is 11.8. The van der Waals surface area contributed by atoms with Crippen molar-refractivity contribution in [3.8, 4) is 11.4 Å². The molecule has 4 heterocycles. The quantitative estimate of drug-likeness (QED) is 0.484. The standard InChI is InChI=1S/C24H30BrN7O/c1-2-31-11-7-17(8-12-31)28-21-19(25)15-27-24-22(21)29-23(30-24)16-3-5-18(6-4-16)32-13-9-20(33)26-10-14-32/h3-6,15,17H,2,7-14H2,1H3,(H,26,33)(H2,27,28,29,30). The Labute approximate surface area is 202 Å². The number of anilines is 2. The number of pyridine rings is 1. The maximum absolute atomic E-state index is 11.6. The van der Waals surface area contributed by atoms with Crippen LogP contribution in [-0.4, -0.2) is 71.1 Å². The smallest absolute Gasteiger partial charge is 0.221 e. The van der Waals surface area contributed by atoms with Crippen LogP contribution < -0.4 is 15.5 Å². The average Bonchev–Trinajstić information content (AvgIpc) is 3.16. The predicted molar refractivity (Wildman–Crippen MR) is 136 cm³/mol. The molecule has 3 N–H and O–H groups in total. The number of rotatable bonds is 5. The van der Waals surface area contributed by atoms with E-state index in [9.17, 15) is 4.79 Å². The van der Waals surface area contributed by atoms with Crippen LogP contribution in [0.15, 0.2) is 34.9 Å². The van der Waals surface area contributed by atoms with E-state index in [-0.39, 0.29) is 5.91 Å². The lowest BCUT2D eigenvalue weighted by Gasteiger charge is -2.32. The van der Waals surface area contributed by atoms with Gasteiger partial charge >= 0.3 is 0 Å². The van der Waals surface area contributed by atoms with Gasteiger partial charge in [-0.25, -0.2) is 9.97 Å². The normalized spacial score (nSPS) is 18.4. The number of hydrogen-bond acceptors (Lipinski definition) is 6. The van der Waals surface area contributed by atoms with E-state index >= 15 is 0 Å². The zero-order valence-corrected chi connectivity index (χ0v) is 20.5. The van der Waals surface area contributed by atoms with Crippen molar-refractivity contribution in [1.29, 1.82) is 0 Å². The van der Waals surface area contributed by atoms with Crippen LogP contribution in [0.4, 0.5) is 11.4 Å². The number of amides is 1. The molecule has 0 unspecified atom stereocenters. The first-order chi connectivity index (χ1) is 16.1. The molecule has 174 valence electrons. The Bertz CT molecular complexity index is 1120. The highest BCUT2D eigenvalue weighted by atomic mass is 79.9. The van der Waals surface area contributed by atoms with Gasteiger partial charge in [0, 0.05) is 62.6 Å². The molecular formula is C24H30BrN7O. The minimum absolute atomic E-state index is 0.121. The van der Waals surface area contributed by atoms with Crippen LogP contribution in [0.25, 0.3) is 22.6 Å². The largest absolute Gasteiger partial charge is 0.379 e. The van der Waals surface area contributed by atoms with Gasteiger partial charge in [0.15, 0.2) is 5.65 Å². The average molecular weight is 512 g/mol. The summed E-state index contributed by atoms with van der Waals surface area (Å²) in [7, 11) is 0. The molecule has 0 atom stereocenters. The molecule has 3 aromatic rings. The van der Waals surface area contributed by atoms with E-state index in [0.717, 1.165) is 84.0 Å². The molecule has 0 spiro atoms. The number of aromatic nitrogens is 3. The van der Waals surface area contributed by atoms with Crippen molar-refractivity contribution in [2.45, 2.75) is 32.2 Å². The van der Waals surface area contributed by atoms with Crippen molar-refractivity contribution in [3.63, 3.8) is 0 Å². The van der Waals surface area contributed by atoms with Crippen LogP contribution in [0, 0.1) is 0 Å². The lowest BCUT2D eigenvalue weighted by molar-refractivity contribution is -0.120. The van der Waals surface area contributed by atoms with Crippen LogP contribution >= 0.6 is 15.9 Å². The second-order valence-electron chi connectivity index (χ2n) is 8.75. The molecule has 0 aliphatic carbocycles. The number of hydrogen-bond donors (Lipinski definition) is 3. The molecule has 1 aromatic carbocycles. The number of carbonyl (C=O) groups is 1. The summed E-state index contributed by atoms with van der Waals surface area (Å²) < 4.78 is 0.936. The molecule has 0 radical (unpaired) electrons. The number of benzene rings is 1. The number of nitrogens with one attached hydrogen (secondary N) is 3. The van der Waals surface area contributed by atoms with Gasteiger partial charge in [-0.2, -0.15) is 0 Å². The highest BCUT2D eigenvalue weighted by Crippen LogP contribution is 2.32. The van der Waals surface area contributed by atoms with Crippen molar-refractivity contribution >= 4 is 44.4 Å². The zero-order valence-electron chi connectivity index (χ0n) is 18.9. The molecule has 9 heteroatoms. The summed E-state index contributed by atoms with van der Waals surface area (Å²) in [6, 6.07) is 8.79. The zero-order chi connectivity index (χ0) is 22.8. The van der Waals surface area contributed by atoms with E-state index in [4.69, 9.17) is 4.98 Å². The van der Waals surface area contributed by atoms with E-state index in [2.05, 4.69) is 77.5 Å². The van der Waals surface area contributed by atoms with Crippen LogP contribution in [-0.2, 0) is 4.79 Å². The van der Waals surface area contributed by atoms with Gasteiger partial charge in [0.05, 0.1) is 10.2 Å². The van der Waals surface area contributed by atoms with E-state index in [1.807, 2.05) is 6.20 Å². The summed E-state index contributed by atoms with van der Waals surface area (Å²) in [6.45, 7) is 7.82. The lowest BCUT2D eigenvalue weighted by atomic mass is 10.0. The maximum Gasteiger partial charge on any atom is 0.221 e. The summed E-state index contributed by atoms with van der Waals surface area (Å²) in [5.74, 6) is 0.925. The molecule has 2 aromatic heterocycles. The van der Waals surface area contributed by atoms with Gasteiger partial charge in [0.2, 0.25) is 5.91 Å². The minimum atomic E-state index is 0.121. The molecular weight excluding hydrogens is 482 g/mol. The van der Waals surface area contributed by atoms with E-state index in [0.29, 0.717) is 19.0 Å². The third-order valence-corrected chi connectivity index (χ3v) is 7.27. The van der Waals surface area contributed by atoms with E-state index in [1.165, 1.54) is 0 Å². The Balaban J connectivity index is 1.36. The predicted octanol–water partition coefficient (Wildman–Crippen LogP) is 3.61. The molecule has 2 fully saturated rings. The van der Waals surface area contributed by atoms with Crippen LogP contribution in [0.1, 0.15) is 26.2 Å². The maximum atomic E-state index is 11.6. The summed E-state index contributed by atoms with van der Waals surface area (Å²) >= 11 is 3.68. The van der Waals surface area contributed by atoms with Crippen molar-refractivity contribution in [2.24, 2.45) is 0 Å². The van der Waals surface area contributed by atoms with Crippen molar-refractivity contribution < 1.29 is 4.79 Å². The first kappa shape index (κ1) is 22.2. The minimum Gasteiger partial charge on any atom is -0.379 e. The first-order valence-corrected chi connectivity index (χ1v) is 12.5. The number of halogens is 1. The van der Waals surface area contributed by atoms with Crippen LogP contribution in [0.3, 0.4) is 0 Å². The van der Waals surface area contributed by atoms with Crippen molar-refractivity contribution in [1.82, 2.24) is 25.2 Å². The Kier molecular flexibility index (Phi) is 6.50. The monoisotopic (exact) mass is 511 g/mol. The van der Waals surface area contributed by atoms with Gasteiger partial charge in [-0.3, -0.25) is 4.79 Å². The number of H-pyrrole nitrogens is 1. The van der Waals surface area contributed by atoms with Crippen LogP contribution in [0.2, 0.25) is 0 Å². The third-order valence-electron chi connectivity index (χ3n) is 6.67. The van der Waals surface area contributed by atoms with Gasteiger partial charge in [-0.05, 0) is 59.6 Å². The summed E-state index contributed by atoms with van der Waals surface area (Å²) in [4.78, 5) is 29.2. The number of likely N-dealkylation sites (tertiary alicyclic amines) is 1. The Morgan fingerprint density at radius 3 is 2.70 bits per heavy atom. The summed E-state index contributed by atoms with van der Waals surface area (Å²) in [6.07, 6.45) is 4.62. The fraction of sp³-hybridized carbons (Fsp3) is 0.458. The number of piperidine rings is 1. The SMILES string of the molecule is CCN1CCC(Nc2c(Br)cnc3[nH]c(-c4ccc(N5CCNC(=O)CC5)cc4)nc23)CC1. The number of fused-ring (bicyclic) bond motifs is 1. The molecule has 2 saturated heterocycles. The van der Waals surface area contributed by atoms with Crippen LogP contribution in [0.5, 0.6) is 0 Å². The Hall–Kier alpha value is -2.65. The number of imidazole rings is 1. The number of aromatic amines is 1. The number of carbonyl (C=O) groups excluding carboxylic acids is 1. The van der Waals surface area contributed by atoms with Gasteiger partial charge in [0.25, 0.3) is 0 Å². The molecule has 33 heavy (non-hydrogen) atoms. The highest BCUT2D eigenvalue weighted by molar-refractivity contribution is 9.10. The second-order valence-corrected chi connectivity index (χ2v) is 9.60. The number of nitrogens with zero attached hydrogens (tertiary/aromatic N) is 4. The highest BCUT2D eigenvalue weighted by Gasteiger charge is 2.21. The molecule has 2 aliphatic rings. The molecule has 2 aliphatic heterocycles. The molecule has 0 saturated carbocycles. The van der Waals surface area contributed by atoms with E-state index in [1.54, 1.807) is 0 Å². The fourth-order valence-corrected chi connectivity index (χ4v) is 5.06. The topological polar surface area (TPSA) is 89.2 Å². The van der Waals surface area contributed by atoms with Crippen molar-refractivity contribution in [2.75, 3.05) is 49.5 Å². The molecule has 0 bridgehead atoms. The lowest BCUT2D eigenvalue weighted by Crippen LogP contribution is -2.38. The fourth-order valence-electron chi connectivity index (χ4n) is 4.66. The van der Waals surface area contributed by atoms with Gasteiger partial charge in [-0.1, -0.05) is 6.92 Å². The Morgan fingerprint density at radius 1 is 1.15 bits per heavy atom. The summed E-state index contributed by atoms with van der Waals surface area (Å²) in [5, 5.41) is 6.65. The molecule has 8 nitrogen and oxygen atoms in total. The Morgan fingerprint density at radius 2 is 1.94 bits per heavy atom. The third kappa shape index (κ3) is 4.84. The van der Waals surface area contributed by atoms with E-state index < -0.39 is 0 Å². The molecule has 1 amide bonds.